The predicted octanol–water partition coefficient (Wildman–Crippen LogP) is 1.96. The SMILES string of the molecule is O=C1C=C(O)/C(=C/c2ccc(O)c(Cl)c2)N1. The van der Waals surface area contributed by atoms with Crippen LogP contribution in [-0.4, -0.2) is 16.1 Å². The molecule has 0 saturated carbocycles. The molecule has 0 saturated heterocycles. The van der Waals surface area contributed by atoms with E-state index in [1.165, 1.54) is 12.1 Å². The summed E-state index contributed by atoms with van der Waals surface area (Å²) in [6.07, 6.45) is 2.65. The summed E-state index contributed by atoms with van der Waals surface area (Å²) in [5.74, 6) is -0.498. The smallest absolute Gasteiger partial charge is 0.252 e. The lowest BCUT2D eigenvalue weighted by Gasteiger charge is -2.01. The number of phenols is 1. The molecule has 0 atom stereocenters. The van der Waals surface area contributed by atoms with Crippen molar-refractivity contribution in [2.45, 2.75) is 0 Å². The van der Waals surface area contributed by atoms with Crippen LogP contribution in [0.5, 0.6) is 5.75 Å². The third kappa shape index (κ3) is 2.01. The third-order valence-corrected chi connectivity index (χ3v) is 2.39. The van der Waals surface area contributed by atoms with Gasteiger partial charge in [0.1, 0.15) is 11.5 Å². The third-order valence-electron chi connectivity index (χ3n) is 2.08. The number of carbonyl (C=O) groups excluding carboxylic acids is 1. The molecule has 0 aromatic heterocycles. The Balaban J connectivity index is 2.34. The molecular weight excluding hydrogens is 230 g/mol. The van der Waals surface area contributed by atoms with Crippen LogP contribution in [0, 0.1) is 0 Å². The molecule has 1 heterocycles. The average molecular weight is 238 g/mol. The van der Waals surface area contributed by atoms with E-state index in [0.29, 0.717) is 11.3 Å². The molecule has 1 aliphatic heterocycles. The van der Waals surface area contributed by atoms with Gasteiger partial charge in [-0.1, -0.05) is 17.7 Å². The first-order valence-corrected chi connectivity index (χ1v) is 4.86. The van der Waals surface area contributed by atoms with Crippen LogP contribution in [0.25, 0.3) is 6.08 Å². The maximum Gasteiger partial charge on any atom is 0.252 e. The fourth-order valence-electron chi connectivity index (χ4n) is 1.32. The lowest BCUT2D eigenvalue weighted by molar-refractivity contribution is -0.115. The van der Waals surface area contributed by atoms with Crippen LogP contribution in [-0.2, 0) is 4.79 Å². The van der Waals surface area contributed by atoms with Crippen molar-refractivity contribution >= 4 is 23.6 Å². The van der Waals surface area contributed by atoms with Gasteiger partial charge in [-0.25, -0.2) is 0 Å². The second-order valence-electron chi connectivity index (χ2n) is 3.29. The van der Waals surface area contributed by atoms with Gasteiger partial charge in [0.2, 0.25) is 0 Å². The highest BCUT2D eigenvalue weighted by Crippen LogP contribution is 2.25. The summed E-state index contributed by atoms with van der Waals surface area (Å²) in [4.78, 5) is 10.9. The van der Waals surface area contributed by atoms with E-state index in [9.17, 15) is 15.0 Å². The Morgan fingerprint density at radius 3 is 2.62 bits per heavy atom. The fraction of sp³-hybridized carbons (Fsp3) is 0. The van der Waals surface area contributed by atoms with E-state index < -0.39 is 0 Å². The van der Waals surface area contributed by atoms with Gasteiger partial charge < -0.3 is 15.5 Å². The molecule has 0 spiro atoms. The van der Waals surface area contributed by atoms with Crippen LogP contribution in [0.2, 0.25) is 5.02 Å². The number of benzene rings is 1. The molecule has 2 rings (SSSR count). The Morgan fingerprint density at radius 2 is 2.06 bits per heavy atom. The molecule has 0 fully saturated rings. The molecule has 4 nitrogen and oxygen atoms in total. The Bertz CT molecular complexity index is 520. The average Bonchev–Trinajstić information content (AvgIpc) is 2.51. The normalized spacial score (nSPS) is 17.4. The number of hydrogen-bond donors (Lipinski definition) is 3. The molecule has 1 amide bonds. The van der Waals surface area contributed by atoms with E-state index in [-0.39, 0.29) is 22.4 Å². The summed E-state index contributed by atoms with van der Waals surface area (Å²) in [6.45, 7) is 0. The molecule has 82 valence electrons. The molecule has 0 radical (unpaired) electrons. The van der Waals surface area contributed by atoms with Gasteiger partial charge in [-0.2, -0.15) is 0 Å². The number of phenolic OH excluding ortho intramolecular Hbond substituents is 1. The summed E-state index contributed by atoms with van der Waals surface area (Å²) in [5, 5.41) is 21.3. The summed E-state index contributed by atoms with van der Waals surface area (Å²) in [6, 6.07) is 4.58. The van der Waals surface area contributed by atoms with E-state index in [4.69, 9.17) is 11.6 Å². The summed E-state index contributed by atoms with van der Waals surface area (Å²) < 4.78 is 0. The molecule has 1 aromatic carbocycles. The minimum atomic E-state index is -0.367. The molecule has 0 unspecified atom stereocenters. The largest absolute Gasteiger partial charge is 0.506 e. The number of nitrogens with one attached hydrogen (secondary N) is 1. The fourth-order valence-corrected chi connectivity index (χ4v) is 1.51. The minimum Gasteiger partial charge on any atom is -0.506 e. The van der Waals surface area contributed by atoms with Crippen LogP contribution in [0.1, 0.15) is 5.56 Å². The monoisotopic (exact) mass is 237 g/mol. The van der Waals surface area contributed by atoms with E-state index >= 15 is 0 Å². The van der Waals surface area contributed by atoms with Crippen molar-refractivity contribution in [3.63, 3.8) is 0 Å². The molecule has 0 aliphatic carbocycles. The Hall–Kier alpha value is -1.94. The minimum absolute atomic E-state index is 0.0148. The summed E-state index contributed by atoms with van der Waals surface area (Å²) >= 11 is 5.72. The standard InChI is InChI=1S/C11H8ClNO3/c12-7-3-6(1-2-9(7)14)4-8-10(15)5-11(16)13-8/h1-5,14-15H,(H,13,16)/b8-4-. The van der Waals surface area contributed by atoms with Crippen LogP contribution in [0.4, 0.5) is 0 Å². The van der Waals surface area contributed by atoms with Gasteiger partial charge in [-0.05, 0) is 23.8 Å². The zero-order chi connectivity index (χ0) is 11.7. The quantitative estimate of drug-likeness (QED) is 0.699. The van der Waals surface area contributed by atoms with Gasteiger partial charge in [0, 0.05) is 6.08 Å². The first-order valence-electron chi connectivity index (χ1n) is 4.48. The Labute approximate surface area is 96.5 Å². The Kier molecular flexibility index (Phi) is 2.58. The number of aliphatic hydroxyl groups excluding tert-OH is 1. The van der Waals surface area contributed by atoms with Crippen molar-refractivity contribution in [3.8, 4) is 5.75 Å². The maximum atomic E-state index is 10.9. The van der Waals surface area contributed by atoms with Gasteiger partial charge in [-0.15, -0.1) is 0 Å². The molecule has 3 N–H and O–H groups in total. The summed E-state index contributed by atoms with van der Waals surface area (Å²) in [5.41, 5.74) is 0.978. The van der Waals surface area contributed by atoms with Crippen molar-refractivity contribution in [2.24, 2.45) is 0 Å². The van der Waals surface area contributed by atoms with E-state index in [1.54, 1.807) is 12.1 Å². The second kappa shape index (κ2) is 3.90. The van der Waals surface area contributed by atoms with Crippen molar-refractivity contribution in [3.05, 3.63) is 46.3 Å². The maximum absolute atomic E-state index is 10.9. The van der Waals surface area contributed by atoms with Crippen LogP contribution < -0.4 is 5.32 Å². The predicted molar refractivity (Wildman–Crippen MR) is 59.9 cm³/mol. The zero-order valence-electron chi connectivity index (χ0n) is 8.07. The second-order valence-corrected chi connectivity index (χ2v) is 3.69. The van der Waals surface area contributed by atoms with Gasteiger partial charge in [0.05, 0.1) is 10.7 Å². The highest BCUT2D eigenvalue weighted by atomic mass is 35.5. The number of halogens is 1. The number of carbonyl (C=O) groups is 1. The highest BCUT2D eigenvalue weighted by molar-refractivity contribution is 6.32. The van der Waals surface area contributed by atoms with Crippen LogP contribution in [0.15, 0.2) is 35.7 Å². The van der Waals surface area contributed by atoms with Gasteiger partial charge in [0.15, 0.2) is 0 Å². The van der Waals surface area contributed by atoms with Gasteiger partial charge in [0.25, 0.3) is 5.91 Å². The zero-order valence-corrected chi connectivity index (χ0v) is 8.82. The number of amides is 1. The molecular formula is C11H8ClNO3. The number of rotatable bonds is 1. The lowest BCUT2D eigenvalue weighted by Crippen LogP contribution is -2.13. The van der Waals surface area contributed by atoms with Crippen LogP contribution >= 0.6 is 11.6 Å². The van der Waals surface area contributed by atoms with E-state index in [0.717, 1.165) is 6.08 Å². The molecule has 5 heteroatoms. The number of aromatic hydroxyl groups is 1. The lowest BCUT2D eigenvalue weighted by atomic mass is 10.2. The van der Waals surface area contributed by atoms with Crippen molar-refractivity contribution in [2.75, 3.05) is 0 Å². The Morgan fingerprint density at radius 1 is 1.31 bits per heavy atom. The summed E-state index contributed by atoms with van der Waals surface area (Å²) in [7, 11) is 0. The first-order chi connectivity index (χ1) is 7.56. The van der Waals surface area contributed by atoms with Gasteiger partial charge in [-0.3, -0.25) is 4.79 Å². The van der Waals surface area contributed by atoms with Gasteiger partial charge >= 0.3 is 0 Å². The first kappa shape index (κ1) is 10.6. The molecule has 0 bridgehead atoms. The molecule has 1 aliphatic rings. The van der Waals surface area contributed by atoms with E-state index in [2.05, 4.69) is 5.32 Å². The number of aliphatic hydroxyl groups is 1. The molecule has 16 heavy (non-hydrogen) atoms. The highest BCUT2D eigenvalue weighted by Gasteiger charge is 2.15. The topological polar surface area (TPSA) is 69.6 Å². The molecule has 1 aromatic rings. The van der Waals surface area contributed by atoms with Crippen molar-refractivity contribution in [1.29, 1.82) is 0 Å². The van der Waals surface area contributed by atoms with Crippen LogP contribution in [0.3, 0.4) is 0 Å². The van der Waals surface area contributed by atoms with E-state index in [1.807, 2.05) is 0 Å². The van der Waals surface area contributed by atoms with Crippen molar-refractivity contribution < 1.29 is 15.0 Å². The number of hydrogen-bond acceptors (Lipinski definition) is 3. The van der Waals surface area contributed by atoms with Crippen molar-refractivity contribution in [1.82, 2.24) is 5.32 Å².